The van der Waals surface area contributed by atoms with E-state index < -0.39 is 0 Å². The summed E-state index contributed by atoms with van der Waals surface area (Å²) in [6.07, 6.45) is 0. The molecule has 0 amide bonds. The number of hydrogen-bond donors (Lipinski definition) is 0. The van der Waals surface area contributed by atoms with Crippen LogP contribution < -0.4 is 14.7 Å². The van der Waals surface area contributed by atoms with Crippen LogP contribution in [0.5, 0.6) is 0 Å². The predicted molar refractivity (Wildman–Crippen MR) is 309 cm³/mol. The van der Waals surface area contributed by atoms with Crippen LogP contribution >= 0.6 is 23.1 Å². The van der Waals surface area contributed by atoms with Crippen LogP contribution in [-0.4, -0.2) is 0 Å². The fourth-order valence-corrected chi connectivity index (χ4v) is 12.5. The first-order chi connectivity index (χ1) is 35.6. The summed E-state index contributed by atoms with van der Waals surface area (Å²) >= 11 is 3.70. The Labute approximate surface area is 429 Å². The van der Waals surface area contributed by atoms with E-state index in [1.807, 2.05) is 23.1 Å². The first-order valence-electron chi connectivity index (χ1n) is 24.4. The SMILES string of the molecule is Cc1cccc(N(c2ccc(-c3cccc4c3sc3ccccc34)cc2)c2cc(N(c3ccc(-c4ccccc4)cc3)c3ccc(-c4ccccc4)cc3)cc(N3c4ccccc4Sc4ccccc43)c2)c1. The fourth-order valence-electron chi connectivity index (χ4n) is 10.2. The third kappa shape index (κ3) is 8.09. The second kappa shape index (κ2) is 18.6. The van der Waals surface area contributed by atoms with Gasteiger partial charge in [-0.05, 0) is 143 Å². The van der Waals surface area contributed by atoms with E-state index in [4.69, 9.17) is 0 Å². The number of nitrogens with zero attached hydrogens (tertiary/aromatic N) is 3. The Hall–Kier alpha value is -8.61. The molecular formula is C67H47N3S2. The topological polar surface area (TPSA) is 9.72 Å². The van der Waals surface area contributed by atoms with Gasteiger partial charge in [0.15, 0.2) is 0 Å². The van der Waals surface area contributed by atoms with Gasteiger partial charge in [0.1, 0.15) is 0 Å². The molecule has 1 aliphatic heterocycles. The Bertz CT molecular complexity index is 3780. The quantitative estimate of drug-likeness (QED) is 0.135. The monoisotopic (exact) mass is 957 g/mol. The van der Waals surface area contributed by atoms with Crippen LogP contribution in [0.4, 0.5) is 51.2 Å². The molecule has 11 aromatic carbocycles. The molecule has 342 valence electrons. The van der Waals surface area contributed by atoms with Gasteiger partial charge in [0, 0.05) is 52.7 Å². The lowest BCUT2D eigenvalue weighted by molar-refractivity contribution is 1.16. The summed E-state index contributed by atoms with van der Waals surface area (Å²) in [7, 11) is 0. The Morgan fingerprint density at radius 3 is 1.39 bits per heavy atom. The van der Waals surface area contributed by atoms with E-state index in [2.05, 4.69) is 289 Å². The largest absolute Gasteiger partial charge is 0.310 e. The molecule has 0 unspecified atom stereocenters. The van der Waals surface area contributed by atoms with Gasteiger partial charge in [-0.25, -0.2) is 0 Å². The van der Waals surface area contributed by atoms with E-state index in [1.165, 1.54) is 68.9 Å². The number of para-hydroxylation sites is 2. The van der Waals surface area contributed by atoms with Gasteiger partial charge >= 0.3 is 0 Å². The third-order valence-corrected chi connectivity index (χ3v) is 16.0. The molecule has 5 heteroatoms. The highest BCUT2D eigenvalue weighted by molar-refractivity contribution is 7.99. The average Bonchev–Trinajstić information content (AvgIpc) is 3.83. The van der Waals surface area contributed by atoms with E-state index in [-0.39, 0.29) is 0 Å². The zero-order chi connectivity index (χ0) is 48.0. The lowest BCUT2D eigenvalue weighted by atomic mass is 10.0. The predicted octanol–water partition coefficient (Wildman–Crippen LogP) is 20.2. The molecule has 0 atom stereocenters. The highest BCUT2D eigenvalue weighted by atomic mass is 32.2. The van der Waals surface area contributed by atoms with Gasteiger partial charge in [0.2, 0.25) is 0 Å². The first kappa shape index (κ1) is 43.4. The second-order valence-corrected chi connectivity index (χ2v) is 20.4. The summed E-state index contributed by atoms with van der Waals surface area (Å²) < 4.78 is 2.62. The van der Waals surface area contributed by atoms with Crippen molar-refractivity contribution >= 4 is 94.5 Å². The molecule has 3 nitrogen and oxygen atoms in total. The molecular weight excluding hydrogens is 911 g/mol. The minimum atomic E-state index is 1.03. The Balaban J connectivity index is 1.03. The molecule has 0 saturated heterocycles. The maximum absolute atomic E-state index is 2.45. The highest BCUT2D eigenvalue weighted by Crippen LogP contribution is 2.54. The van der Waals surface area contributed by atoms with Crippen LogP contribution in [0.2, 0.25) is 0 Å². The molecule has 0 fully saturated rings. The Morgan fingerprint density at radius 1 is 0.333 bits per heavy atom. The minimum absolute atomic E-state index is 1.03. The van der Waals surface area contributed by atoms with Crippen molar-refractivity contribution < 1.29 is 0 Å². The average molecular weight is 958 g/mol. The summed E-state index contributed by atoms with van der Waals surface area (Å²) in [5.41, 5.74) is 18.0. The number of aryl methyl sites for hydroxylation is 1. The standard InChI is InChI=1S/C67H47N3S2/c1-46-16-14-21-55(42-46)69(54-40-34-51(35-41-54)59-23-15-24-61-60-22-8-11-27-64(60)72-67(59)61)57-43-56(44-58(45-57)70-62-25-9-12-28-65(62)71-66-29-13-10-26-63(66)70)68(52-36-30-49(31-37-52)47-17-4-2-5-18-47)53-38-32-50(33-39-53)48-19-6-3-7-20-48/h2-45H,1H3. The molecule has 2 heterocycles. The molecule has 1 aromatic heterocycles. The lowest BCUT2D eigenvalue weighted by Gasteiger charge is -2.35. The Kier molecular flexibility index (Phi) is 11.2. The number of rotatable bonds is 10. The van der Waals surface area contributed by atoms with Crippen LogP contribution in [0.3, 0.4) is 0 Å². The summed E-state index contributed by atoms with van der Waals surface area (Å²) in [4.78, 5) is 9.72. The van der Waals surface area contributed by atoms with Gasteiger partial charge in [0.25, 0.3) is 0 Å². The summed E-state index contributed by atoms with van der Waals surface area (Å²) in [5, 5.41) is 2.61. The van der Waals surface area contributed by atoms with Crippen LogP contribution in [0.1, 0.15) is 5.56 Å². The van der Waals surface area contributed by atoms with E-state index in [1.54, 1.807) is 0 Å². The number of hydrogen-bond acceptors (Lipinski definition) is 5. The Morgan fingerprint density at radius 2 is 0.806 bits per heavy atom. The maximum Gasteiger partial charge on any atom is 0.0601 e. The molecule has 0 radical (unpaired) electrons. The van der Waals surface area contributed by atoms with Crippen LogP contribution in [-0.2, 0) is 0 Å². The van der Waals surface area contributed by atoms with Crippen LogP contribution in [0.25, 0.3) is 53.6 Å². The van der Waals surface area contributed by atoms with Crippen molar-refractivity contribution in [2.45, 2.75) is 16.7 Å². The van der Waals surface area contributed by atoms with Gasteiger partial charge in [-0.15, -0.1) is 11.3 Å². The minimum Gasteiger partial charge on any atom is -0.310 e. The highest BCUT2D eigenvalue weighted by Gasteiger charge is 2.28. The van der Waals surface area contributed by atoms with Crippen molar-refractivity contribution in [1.29, 1.82) is 0 Å². The fraction of sp³-hybridized carbons (Fsp3) is 0.0149. The molecule has 0 saturated carbocycles. The summed E-state index contributed by atoms with van der Waals surface area (Å²) in [6, 6.07) is 97.5. The van der Waals surface area contributed by atoms with Crippen molar-refractivity contribution in [3.05, 3.63) is 272 Å². The molecule has 72 heavy (non-hydrogen) atoms. The normalized spacial score (nSPS) is 11.9. The summed E-state index contributed by atoms with van der Waals surface area (Å²) in [6.45, 7) is 2.18. The van der Waals surface area contributed by atoms with Gasteiger partial charge < -0.3 is 14.7 Å². The lowest BCUT2D eigenvalue weighted by Crippen LogP contribution is -2.18. The smallest absolute Gasteiger partial charge is 0.0601 e. The van der Waals surface area contributed by atoms with Gasteiger partial charge in [-0.3, -0.25) is 0 Å². The van der Waals surface area contributed by atoms with Crippen molar-refractivity contribution in [3.8, 4) is 33.4 Å². The number of fused-ring (bicyclic) bond motifs is 5. The molecule has 0 spiro atoms. The molecule has 0 aliphatic carbocycles. The van der Waals surface area contributed by atoms with Crippen molar-refractivity contribution in [1.82, 2.24) is 0 Å². The van der Waals surface area contributed by atoms with Crippen molar-refractivity contribution in [3.63, 3.8) is 0 Å². The first-order valence-corrected chi connectivity index (χ1v) is 26.0. The van der Waals surface area contributed by atoms with E-state index in [9.17, 15) is 0 Å². The zero-order valence-electron chi connectivity index (χ0n) is 39.6. The van der Waals surface area contributed by atoms with E-state index in [0.717, 1.165) is 51.2 Å². The maximum atomic E-state index is 2.45. The van der Waals surface area contributed by atoms with Gasteiger partial charge in [-0.1, -0.05) is 182 Å². The molecule has 1 aliphatic rings. The van der Waals surface area contributed by atoms with Gasteiger partial charge in [0.05, 0.1) is 28.4 Å². The zero-order valence-corrected chi connectivity index (χ0v) is 41.2. The van der Waals surface area contributed by atoms with Crippen molar-refractivity contribution in [2.75, 3.05) is 14.7 Å². The third-order valence-electron chi connectivity index (χ3n) is 13.7. The van der Waals surface area contributed by atoms with Crippen molar-refractivity contribution in [2.24, 2.45) is 0 Å². The van der Waals surface area contributed by atoms with Crippen LogP contribution in [0, 0.1) is 6.92 Å². The molecule has 0 N–H and O–H groups in total. The number of benzene rings is 11. The van der Waals surface area contributed by atoms with Gasteiger partial charge in [-0.2, -0.15) is 0 Å². The molecule has 12 aromatic rings. The summed E-state index contributed by atoms with van der Waals surface area (Å²) in [5.74, 6) is 0. The van der Waals surface area contributed by atoms with Crippen LogP contribution in [0.15, 0.2) is 277 Å². The number of anilines is 9. The van der Waals surface area contributed by atoms with E-state index in [0.29, 0.717) is 0 Å². The second-order valence-electron chi connectivity index (χ2n) is 18.2. The number of thiophene rings is 1. The molecule has 0 bridgehead atoms. The van der Waals surface area contributed by atoms with E-state index >= 15 is 0 Å². The molecule has 13 rings (SSSR count).